The van der Waals surface area contributed by atoms with Crippen molar-refractivity contribution in [2.24, 2.45) is 0 Å². The maximum atomic E-state index is 13.4. The Morgan fingerprint density at radius 2 is 2.17 bits per heavy atom. The van der Waals surface area contributed by atoms with E-state index >= 15 is 0 Å². The van der Waals surface area contributed by atoms with Crippen molar-refractivity contribution in [3.63, 3.8) is 0 Å². The number of fused-ring (bicyclic) bond motifs is 1. The van der Waals surface area contributed by atoms with Gasteiger partial charge in [0.2, 0.25) is 0 Å². The molecule has 1 aromatic carbocycles. The molecule has 0 amide bonds. The summed E-state index contributed by atoms with van der Waals surface area (Å²) in [6, 6.07) is 4.39. The first-order chi connectivity index (χ1) is 8.76. The number of hydrogen-bond donors (Lipinski definition) is 0. The SMILES string of the molecule is O=Cc1cc(F)cc(N2CCn3ccnc3C2)c1. The van der Waals surface area contributed by atoms with Crippen molar-refractivity contribution in [2.75, 3.05) is 11.4 Å². The summed E-state index contributed by atoms with van der Waals surface area (Å²) < 4.78 is 15.5. The molecule has 18 heavy (non-hydrogen) atoms. The Hall–Kier alpha value is -2.17. The summed E-state index contributed by atoms with van der Waals surface area (Å²) in [6.07, 6.45) is 4.37. The van der Waals surface area contributed by atoms with Gasteiger partial charge in [-0.3, -0.25) is 4.79 Å². The summed E-state index contributed by atoms with van der Waals surface area (Å²) in [5.41, 5.74) is 1.09. The molecule has 0 saturated carbocycles. The zero-order valence-electron chi connectivity index (χ0n) is 9.71. The molecule has 1 aliphatic rings. The molecule has 0 bridgehead atoms. The number of aldehydes is 1. The molecular weight excluding hydrogens is 233 g/mol. The highest BCUT2D eigenvalue weighted by atomic mass is 19.1. The lowest BCUT2D eigenvalue weighted by Crippen LogP contribution is -2.33. The van der Waals surface area contributed by atoms with E-state index < -0.39 is 0 Å². The highest BCUT2D eigenvalue weighted by Crippen LogP contribution is 2.22. The predicted octanol–water partition coefficient (Wildman–Crippen LogP) is 1.85. The Balaban J connectivity index is 1.92. The standard InChI is InChI=1S/C13H12FN3O/c14-11-5-10(9-18)6-12(7-11)17-4-3-16-2-1-15-13(16)8-17/h1-2,5-7,9H,3-4,8H2. The molecule has 0 N–H and O–H groups in total. The van der Waals surface area contributed by atoms with Gasteiger partial charge in [-0.05, 0) is 18.2 Å². The quantitative estimate of drug-likeness (QED) is 0.758. The molecule has 0 aliphatic carbocycles. The molecule has 2 aromatic rings. The van der Waals surface area contributed by atoms with Crippen LogP contribution in [0.5, 0.6) is 0 Å². The molecule has 1 aromatic heterocycles. The van der Waals surface area contributed by atoms with Crippen molar-refractivity contribution in [3.05, 3.63) is 47.8 Å². The van der Waals surface area contributed by atoms with Gasteiger partial charge in [-0.2, -0.15) is 0 Å². The van der Waals surface area contributed by atoms with Crippen LogP contribution in [-0.2, 0) is 13.1 Å². The van der Waals surface area contributed by atoms with Gasteiger partial charge >= 0.3 is 0 Å². The molecule has 5 heteroatoms. The minimum Gasteiger partial charge on any atom is -0.362 e. The molecule has 0 radical (unpaired) electrons. The molecule has 92 valence electrons. The molecule has 0 fully saturated rings. The maximum absolute atomic E-state index is 13.4. The fourth-order valence-corrected chi connectivity index (χ4v) is 2.24. The number of imidazole rings is 1. The van der Waals surface area contributed by atoms with E-state index in [1.807, 2.05) is 11.1 Å². The second kappa shape index (κ2) is 4.25. The van der Waals surface area contributed by atoms with E-state index in [1.54, 1.807) is 12.3 Å². The number of rotatable bonds is 2. The zero-order valence-corrected chi connectivity index (χ0v) is 9.71. The number of carbonyl (C=O) groups excluding carboxylic acids is 1. The molecule has 2 heterocycles. The van der Waals surface area contributed by atoms with Crippen molar-refractivity contribution in [3.8, 4) is 0 Å². The highest BCUT2D eigenvalue weighted by molar-refractivity contribution is 5.77. The third-order valence-electron chi connectivity index (χ3n) is 3.15. The average Bonchev–Trinajstić information content (AvgIpc) is 2.85. The van der Waals surface area contributed by atoms with Gasteiger partial charge in [0.15, 0.2) is 0 Å². The van der Waals surface area contributed by atoms with Crippen LogP contribution < -0.4 is 4.90 Å². The smallest absolute Gasteiger partial charge is 0.150 e. The molecule has 0 atom stereocenters. The predicted molar refractivity (Wildman–Crippen MR) is 65.1 cm³/mol. The number of nitrogens with zero attached hydrogens (tertiary/aromatic N) is 3. The van der Waals surface area contributed by atoms with Crippen LogP contribution in [0, 0.1) is 5.82 Å². The molecule has 0 unspecified atom stereocenters. The lowest BCUT2D eigenvalue weighted by Gasteiger charge is -2.29. The number of anilines is 1. The summed E-state index contributed by atoms with van der Waals surface area (Å²) in [5.74, 6) is 0.571. The number of benzene rings is 1. The highest BCUT2D eigenvalue weighted by Gasteiger charge is 2.17. The first-order valence-corrected chi connectivity index (χ1v) is 5.77. The lowest BCUT2D eigenvalue weighted by molar-refractivity contribution is 0.112. The van der Waals surface area contributed by atoms with Gasteiger partial charge in [-0.1, -0.05) is 0 Å². The Labute approximate surface area is 104 Å². The average molecular weight is 245 g/mol. The number of aromatic nitrogens is 2. The maximum Gasteiger partial charge on any atom is 0.150 e. The van der Waals surface area contributed by atoms with Crippen molar-refractivity contribution in [1.82, 2.24) is 9.55 Å². The fourth-order valence-electron chi connectivity index (χ4n) is 2.24. The Kier molecular flexibility index (Phi) is 2.59. The van der Waals surface area contributed by atoms with E-state index in [-0.39, 0.29) is 5.82 Å². The Morgan fingerprint density at radius 3 is 3.00 bits per heavy atom. The van der Waals surface area contributed by atoms with Gasteiger partial charge in [0.05, 0.1) is 6.54 Å². The number of carbonyl (C=O) groups is 1. The van der Waals surface area contributed by atoms with Gasteiger partial charge in [0.25, 0.3) is 0 Å². The van der Waals surface area contributed by atoms with Crippen LogP contribution in [0.4, 0.5) is 10.1 Å². The van der Waals surface area contributed by atoms with Crippen LogP contribution in [0.25, 0.3) is 0 Å². The number of hydrogen-bond acceptors (Lipinski definition) is 3. The minimum atomic E-state index is -0.386. The van der Waals surface area contributed by atoms with Crippen LogP contribution in [0.2, 0.25) is 0 Å². The summed E-state index contributed by atoms with van der Waals surface area (Å²) in [4.78, 5) is 17.0. The molecule has 0 spiro atoms. The summed E-state index contributed by atoms with van der Waals surface area (Å²) in [6.45, 7) is 2.24. The van der Waals surface area contributed by atoms with Crippen molar-refractivity contribution < 1.29 is 9.18 Å². The minimum absolute atomic E-state index is 0.360. The van der Waals surface area contributed by atoms with E-state index in [0.29, 0.717) is 18.4 Å². The van der Waals surface area contributed by atoms with Gasteiger partial charge in [-0.25, -0.2) is 9.37 Å². The van der Waals surface area contributed by atoms with Crippen molar-refractivity contribution in [1.29, 1.82) is 0 Å². The molecule has 4 nitrogen and oxygen atoms in total. The third-order valence-corrected chi connectivity index (χ3v) is 3.15. The Morgan fingerprint density at radius 1 is 1.28 bits per heavy atom. The fraction of sp³-hybridized carbons (Fsp3) is 0.231. The normalized spacial score (nSPS) is 14.4. The second-order valence-corrected chi connectivity index (χ2v) is 4.32. The van der Waals surface area contributed by atoms with E-state index in [0.717, 1.165) is 24.6 Å². The molecule has 3 rings (SSSR count). The second-order valence-electron chi connectivity index (χ2n) is 4.32. The van der Waals surface area contributed by atoms with E-state index in [2.05, 4.69) is 9.55 Å². The van der Waals surface area contributed by atoms with E-state index in [1.165, 1.54) is 12.1 Å². The lowest BCUT2D eigenvalue weighted by atomic mass is 10.2. The summed E-state index contributed by atoms with van der Waals surface area (Å²) in [7, 11) is 0. The summed E-state index contributed by atoms with van der Waals surface area (Å²) in [5, 5.41) is 0. The first kappa shape index (κ1) is 11.0. The van der Waals surface area contributed by atoms with Crippen LogP contribution in [0.3, 0.4) is 0 Å². The van der Waals surface area contributed by atoms with E-state index in [4.69, 9.17) is 0 Å². The van der Waals surface area contributed by atoms with Crippen molar-refractivity contribution in [2.45, 2.75) is 13.1 Å². The largest absolute Gasteiger partial charge is 0.362 e. The van der Waals surface area contributed by atoms with Gasteiger partial charge in [0.1, 0.15) is 17.9 Å². The molecule has 0 saturated heterocycles. The topological polar surface area (TPSA) is 38.1 Å². The molecule has 1 aliphatic heterocycles. The Bertz CT molecular complexity index is 594. The van der Waals surface area contributed by atoms with Crippen molar-refractivity contribution >= 4 is 12.0 Å². The first-order valence-electron chi connectivity index (χ1n) is 5.77. The number of halogens is 1. The van der Waals surface area contributed by atoms with Crippen LogP contribution >= 0.6 is 0 Å². The van der Waals surface area contributed by atoms with Crippen LogP contribution in [0.1, 0.15) is 16.2 Å². The third kappa shape index (κ3) is 1.88. The summed E-state index contributed by atoms with van der Waals surface area (Å²) >= 11 is 0. The van der Waals surface area contributed by atoms with Gasteiger partial charge in [0, 0.05) is 36.7 Å². The monoisotopic (exact) mass is 245 g/mol. The zero-order chi connectivity index (χ0) is 12.5. The van der Waals surface area contributed by atoms with Gasteiger partial charge < -0.3 is 9.47 Å². The van der Waals surface area contributed by atoms with Crippen LogP contribution in [0.15, 0.2) is 30.6 Å². The van der Waals surface area contributed by atoms with E-state index in [9.17, 15) is 9.18 Å². The van der Waals surface area contributed by atoms with Crippen LogP contribution in [-0.4, -0.2) is 22.4 Å². The van der Waals surface area contributed by atoms with Gasteiger partial charge in [-0.15, -0.1) is 0 Å². The molecular formula is C13H12FN3O.